The molecule has 110 valence electrons. The van der Waals surface area contributed by atoms with Crippen LogP contribution in [0.3, 0.4) is 0 Å². The van der Waals surface area contributed by atoms with Crippen molar-refractivity contribution in [1.82, 2.24) is 4.98 Å². The molecule has 0 fully saturated rings. The zero-order chi connectivity index (χ0) is 15.9. The van der Waals surface area contributed by atoms with E-state index >= 15 is 0 Å². The van der Waals surface area contributed by atoms with Crippen LogP contribution in [0.5, 0.6) is 0 Å². The van der Waals surface area contributed by atoms with Crippen molar-refractivity contribution in [3.63, 3.8) is 0 Å². The molecule has 0 aliphatic heterocycles. The molecule has 0 aliphatic carbocycles. The van der Waals surface area contributed by atoms with E-state index in [4.69, 9.17) is 23.2 Å². The number of pyridine rings is 1. The molecule has 0 atom stereocenters. The van der Waals surface area contributed by atoms with Gasteiger partial charge in [0, 0.05) is 22.5 Å². The lowest BCUT2D eigenvalue weighted by atomic mass is 10.0. The Hall–Kier alpha value is -2.10. The summed E-state index contributed by atoms with van der Waals surface area (Å²) in [7, 11) is 0. The van der Waals surface area contributed by atoms with E-state index < -0.39 is 5.97 Å². The van der Waals surface area contributed by atoms with Crippen LogP contribution in [0, 0.1) is 6.92 Å². The molecule has 0 aliphatic rings. The van der Waals surface area contributed by atoms with E-state index in [0.29, 0.717) is 21.1 Å². The lowest BCUT2D eigenvalue weighted by Gasteiger charge is -2.10. The second-order valence-corrected chi connectivity index (χ2v) is 5.82. The van der Waals surface area contributed by atoms with Crippen LogP contribution in [0.2, 0.25) is 10.0 Å². The summed E-state index contributed by atoms with van der Waals surface area (Å²) in [6, 6.07) is 10.4. The molecule has 0 saturated heterocycles. The third-order valence-corrected chi connectivity index (χ3v) is 4.08. The first-order valence-electron chi connectivity index (χ1n) is 6.55. The number of hydrogen-bond acceptors (Lipinski definition) is 2. The largest absolute Gasteiger partial charge is 0.478 e. The van der Waals surface area contributed by atoms with Crippen molar-refractivity contribution in [3.8, 4) is 11.3 Å². The number of aromatic nitrogens is 1. The highest BCUT2D eigenvalue weighted by atomic mass is 35.5. The first kappa shape index (κ1) is 14.8. The number of fused-ring (bicyclic) bond motifs is 1. The molecule has 0 saturated carbocycles. The summed E-state index contributed by atoms with van der Waals surface area (Å²) in [6.07, 6.45) is 1.55. The summed E-state index contributed by atoms with van der Waals surface area (Å²) < 4.78 is 0. The molecule has 0 unspecified atom stereocenters. The van der Waals surface area contributed by atoms with E-state index in [-0.39, 0.29) is 5.56 Å². The first-order chi connectivity index (χ1) is 10.5. The molecule has 1 N–H and O–H groups in total. The van der Waals surface area contributed by atoms with Gasteiger partial charge in [0.25, 0.3) is 0 Å². The van der Waals surface area contributed by atoms with Gasteiger partial charge in [0.05, 0.1) is 21.3 Å². The molecule has 0 bridgehead atoms. The summed E-state index contributed by atoms with van der Waals surface area (Å²) in [5, 5.41) is 11.6. The Bertz CT molecular complexity index is 907. The predicted molar refractivity (Wildman–Crippen MR) is 88.9 cm³/mol. The zero-order valence-corrected chi connectivity index (χ0v) is 13.1. The van der Waals surface area contributed by atoms with Gasteiger partial charge in [-0.3, -0.25) is 4.98 Å². The van der Waals surface area contributed by atoms with Gasteiger partial charge < -0.3 is 5.11 Å². The number of halogens is 2. The molecule has 22 heavy (non-hydrogen) atoms. The minimum absolute atomic E-state index is 0.182. The second-order valence-electron chi connectivity index (χ2n) is 5.00. The number of carbonyl (C=O) groups is 1. The van der Waals surface area contributed by atoms with Gasteiger partial charge in [-0.1, -0.05) is 41.4 Å². The third kappa shape index (κ3) is 2.54. The smallest absolute Gasteiger partial charge is 0.335 e. The summed E-state index contributed by atoms with van der Waals surface area (Å²) in [4.78, 5) is 15.6. The number of hydrogen-bond donors (Lipinski definition) is 1. The van der Waals surface area contributed by atoms with E-state index in [1.807, 2.05) is 25.1 Å². The first-order valence-corrected chi connectivity index (χ1v) is 7.31. The maximum Gasteiger partial charge on any atom is 0.335 e. The number of benzene rings is 2. The van der Waals surface area contributed by atoms with E-state index in [1.165, 1.54) is 6.07 Å². The van der Waals surface area contributed by atoms with Crippen molar-refractivity contribution >= 4 is 39.9 Å². The van der Waals surface area contributed by atoms with E-state index in [1.54, 1.807) is 18.3 Å². The minimum atomic E-state index is -0.997. The number of aryl methyl sites for hydroxylation is 1. The monoisotopic (exact) mass is 331 g/mol. The van der Waals surface area contributed by atoms with Gasteiger partial charge in [-0.05, 0) is 30.7 Å². The Morgan fingerprint density at radius 1 is 1.05 bits per heavy atom. The lowest BCUT2D eigenvalue weighted by Crippen LogP contribution is -1.97. The summed E-state index contributed by atoms with van der Waals surface area (Å²) >= 11 is 12.5. The van der Waals surface area contributed by atoms with Crippen LogP contribution in [0.1, 0.15) is 15.9 Å². The van der Waals surface area contributed by atoms with Crippen molar-refractivity contribution < 1.29 is 9.90 Å². The van der Waals surface area contributed by atoms with Crippen molar-refractivity contribution in [2.45, 2.75) is 6.92 Å². The van der Waals surface area contributed by atoms with E-state index in [2.05, 4.69) is 4.98 Å². The van der Waals surface area contributed by atoms with Gasteiger partial charge in [-0.25, -0.2) is 4.79 Å². The fraction of sp³-hybridized carbons (Fsp3) is 0.0588. The van der Waals surface area contributed by atoms with Crippen LogP contribution in [0.4, 0.5) is 0 Å². The van der Waals surface area contributed by atoms with Gasteiger partial charge in [0.15, 0.2) is 0 Å². The van der Waals surface area contributed by atoms with Gasteiger partial charge in [-0.2, -0.15) is 0 Å². The Morgan fingerprint density at radius 3 is 2.50 bits per heavy atom. The number of carboxylic acid groups (broad SMARTS) is 1. The average Bonchev–Trinajstić information content (AvgIpc) is 2.48. The molecule has 5 heteroatoms. The fourth-order valence-electron chi connectivity index (χ4n) is 2.37. The molecular formula is C17H11Cl2NO2. The molecule has 3 rings (SSSR count). The molecule has 2 aromatic carbocycles. The van der Waals surface area contributed by atoms with Crippen molar-refractivity contribution in [2.75, 3.05) is 0 Å². The quantitative estimate of drug-likeness (QED) is 0.700. The van der Waals surface area contributed by atoms with Gasteiger partial charge in [0.1, 0.15) is 0 Å². The average molecular weight is 332 g/mol. The van der Waals surface area contributed by atoms with Crippen molar-refractivity contribution in [1.29, 1.82) is 0 Å². The van der Waals surface area contributed by atoms with Gasteiger partial charge in [-0.15, -0.1) is 0 Å². The number of nitrogens with zero attached hydrogens (tertiary/aromatic N) is 1. The molecule has 0 amide bonds. The Balaban J connectivity index is 2.35. The van der Waals surface area contributed by atoms with Crippen molar-refractivity contribution in [3.05, 3.63) is 63.8 Å². The van der Waals surface area contributed by atoms with Crippen LogP contribution in [-0.4, -0.2) is 16.1 Å². The second kappa shape index (κ2) is 5.59. The molecule has 0 spiro atoms. The molecule has 1 aromatic heterocycles. The minimum Gasteiger partial charge on any atom is -0.478 e. The number of carboxylic acids is 1. The fourth-order valence-corrected chi connectivity index (χ4v) is 2.91. The normalized spacial score (nSPS) is 10.9. The Kier molecular flexibility index (Phi) is 3.77. The number of rotatable bonds is 2. The molecule has 3 aromatic rings. The van der Waals surface area contributed by atoms with E-state index in [0.717, 1.165) is 16.5 Å². The number of aromatic carboxylic acids is 1. The van der Waals surface area contributed by atoms with Crippen LogP contribution in [-0.2, 0) is 0 Å². The molecule has 3 nitrogen and oxygen atoms in total. The maximum atomic E-state index is 11.2. The third-order valence-electron chi connectivity index (χ3n) is 3.47. The van der Waals surface area contributed by atoms with Crippen LogP contribution in [0.15, 0.2) is 42.6 Å². The molecule has 1 heterocycles. The Morgan fingerprint density at radius 2 is 1.82 bits per heavy atom. The molecule has 0 radical (unpaired) electrons. The SMILES string of the molecule is Cc1ccc(-c2ncc(Cl)c3ccc(C(=O)O)cc23)c(Cl)c1. The van der Waals surface area contributed by atoms with E-state index in [9.17, 15) is 9.90 Å². The van der Waals surface area contributed by atoms with Crippen LogP contribution >= 0.6 is 23.2 Å². The highest BCUT2D eigenvalue weighted by Gasteiger charge is 2.14. The maximum absolute atomic E-state index is 11.2. The van der Waals surface area contributed by atoms with Crippen molar-refractivity contribution in [2.24, 2.45) is 0 Å². The zero-order valence-electron chi connectivity index (χ0n) is 11.6. The lowest BCUT2D eigenvalue weighted by molar-refractivity contribution is 0.0697. The topological polar surface area (TPSA) is 50.2 Å². The van der Waals surface area contributed by atoms with Gasteiger partial charge >= 0.3 is 5.97 Å². The van der Waals surface area contributed by atoms with Crippen LogP contribution in [0.25, 0.3) is 22.0 Å². The standard InChI is InChI=1S/C17H11Cl2NO2/c1-9-2-4-12(14(18)6-9)16-13-7-10(17(21)22)3-5-11(13)15(19)8-20-16/h2-8H,1H3,(H,21,22). The highest BCUT2D eigenvalue weighted by Crippen LogP contribution is 2.35. The summed E-state index contributed by atoms with van der Waals surface area (Å²) in [5.74, 6) is -0.997. The molecular weight excluding hydrogens is 321 g/mol. The van der Waals surface area contributed by atoms with Crippen LogP contribution < -0.4 is 0 Å². The summed E-state index contributed by atoms with van der Waals surface area (Å²) in [5.41, 5.74) is 2.59. The summed E-state index contributed by atoms with van der Waals surface area (Å²) in [6.45, 7) is 1.95. The Labute approximate surface area is 137 Å². The predicted octanol–water partition coefficient (Wildman–Crippen LogP) is 5.22. The highest BCUT2D eigenvalue weighted by molar-refractivity contribution is 6.36. The van der Waals surface area contributed by atoms with Gasteiger partial charge in [0.2, 0.25) is 0 Å².